The molecule has 0 aliphatic carbocycles. The number of fused-ring (bicyclic) bond motifs is 2. The molecule has 3 aromatic carbocycles. The third-order valence-corrected chi connectivity index (χ3v) is 6.00. The van der Waals surface area contributed by atoms with Crippen LogP contribution in [0.2, 0.25) is 0 Å². The molecule has 0 saturated heterocycles. The number of hydrogen-bond acceptors (Lipinski definition) is 4. The molecule has 0 unspecified atom stereocenters. The predicted molar refractivity (Wildman–Crippen MR) is 137 cm³/mol. The lowest BCUT2D eigenvalue weighted by molar-refractivity contribution is -0.111. The van der Waals surface area contributed by atoms with Crippen LogP contribution in [0.1, 0.15) is 18.1 Å². The second kappa shape index (κ2) is 8.87. The van der Waals surface area contributed by atoms with Gasteiger partial charge >= 0.3 is 0 Å². The maximum atomic E-state index is 12.7. The van der Waals surface area contributed by atoms with E-state index in [1.165, 1.54) is 5.39 Å². The van der Waals surface area contributed by atoms with Crippen LogP contribution in [-0.4, -0.2) is 18.0 Å². The summed E-state index contributed by atoms with van der Waals surface area (Å²) in [5.41, 5.74) is 5.32. The quantitative estimate of drug-likeness (QED) is 0.294. The van der Waals surface area contributed by atoms with E-state index in [1.807, 2.05) is 50.2 Å². The van der Waals surface area contributed by atoms with Crippen molar-refractivity contribution in [3.05, 3.63) is 96.4 Å². The van der Waals surface area contributed by atoms with Crippen LogP contribution in [0, 0.1) is 6.92 Å². The molecule has 0 fully saturated rings. The Hall–Kier alpha value is -4.38. The fourth-order valence-corrected chi connectivity index (χ4v) is 4.24. The van der Waals surface area contributed by atoms with Crippen LogP contribution in [-0.2, 0) is 4.79 Å². The van der Waals surface area contributed by atoms with Crippen molar-refractivity contribution in [1.29, 1.82) is 0 Å². The molecule has 2 heterocycles. The van der Waals surface area contributed by atoms with Gasteiger partial charge in [-0.05, 0) is 53.5 Å². The molecule has 0 radical (unpaired) electrons. The number of furan rings is 1. The highest BCUT2D eigenvalue weighted by molar-refractivity contribution is 6.07. The summed E-state index contributed by atoms with van der Waals surface area (Å²) < 4.78 is 11.5. The van der Waals surface area contributed by atoms with E-state index >= 15 is 0 Å². The van der Waals surface area contributed by atoms with Gasteiger partial charge in [0.1, 0.15) is 17.2 Å². The first-order valence-electron chi connectivity index (χ1n) is 11.0. The molecule has 34 heavy (non-hydrogen) atoms. The lowest BCUT2D eigenvalue weighted by atomic mass is 9.96. The van der Waals surface area contributed by atoms with Gasteiger partial charge in [0.05, 0.1) is 13.4 Å². The van der Waals surface area contributed by atoms with E-state index in [9.17, 15) is 4.79 Å². The van der Waals surface area contributed by atoms with Crippen molar-refractivity contribution < 1.29 is 13.9 Å². The van der Waals surface area contributed by atoms with Crippen molar-refractivity contribution in [1.82, 2.24) is 4.98 Å². The molecule has 168 valence electrons. The largest absolute Gasteiger partial charge is 0.496 e. The van der Waals surface area contributed by atoms with Crippen molar-refractivity contribution in [3.63, 3.8) is 0 Å². The number of carbonyl (C=O) groups is 1. The predicted octanol–water partition coefficient (Wildman–Crippen LogP) is 7.01. The fraction of sp³-hybridized carbons (Fsp3) is 0.103. The topological polar surface area (TPSA) is 64.4 Å². The molecule has 5 nitrogen and oxygen atoms in total. The number of amides is 1. The van der Waals surface area contributed by atoms with E-state index < -0.39 is 0 Å². The average Bonchev–Trinajstić information content (AvgIpc) is 3.27. The Kier molecular flexibility index (Phi) is 5.60. The minimum Gasteiger partial charge on any atom is -0.496 e. The third-order valence-electron chi connectivity index (χ3n) is 6.00. The van der Waals surface area contributed by atoms with Gasteiger partial charge in [-0.1, -0.05) is 48.5 Å². The second-order valence-electron chi connectivity index (χ2n) is 8.21. The Morgan fingerprint density at radius 1 is 1.00 bits per heavy atom. The van der Waals surface area contributed by atoms with E-state index in [0.717, 1.165) is 44.2 Å². The number of rotatable bonds is 5. The van der Waals surface area contributed by atoms with Crippen LogP contribution in [0.3, 0.4) is 0 Å². The number of ether oxygens (including phenoxy) is 1. The first-order chi connectivity index (χ1) is 16.5. The highest BCUT2D eigenvalue weighted by atomic mass is 16.5. The monoisotopic (exact) mass is 448 g/mol. The van der Waals surface area contributed by atoms with E-state index in [0.29, 0.717) is 11.6 Å². The number of aryl methyl sites for hydroxylation is 1. The van der Waals surface area contributed by atoms with E-state index in [4.69, 9.17) is 9.15 Å². The van der Waals surface area contributed by atoms with E-state index in [1.54, 1.807) is 25.6 Å². The van der Waals surface area contributed by atoms with Crippen LogP contribution in [0.25, 0.3) is 38.4 Å². The minimum atomic E-state index is -0.247. The summed E-state index contributed by atoms with van der Waals surface area (Å²) in [7, 11) is 1.61. The van der Waals surface area contributed by atoms with Gasteiger partial charge in [-0.3, -0.25) is 4.79 Å². The molecule has 5 aromatic rings. The summed E-state index contributed by atoms with van der Waals surface area (Å²) in [5.74, 6) is 0.942. The number of pyridine rings is 1. The van der Waals surface area contributed by atoms with Crippen LogP contribution in [0.15, 0.2) is 89.7 Å². The number of carbonyl (C=O) groups excluding carboxylic acids is 1. The van der Waals surface area contributed by atoms with Gasteiger partial charge in [0.2, 0.25) is 5.91 Å². The van der Waals surface area contributed by atoms with Gasteiger partial charge in [0.25, 0.3) is 0 Å². The van der Waals surface area contributed by atoms with Crippen LogP contribution < -0.4 is 10.1 Å². The Morgan fingerprint density at radius 2 is 1.82 bits per heavy atom. The molecule has 0 spiro atoms. The van der Waals surface area contributed by atoms with Crippen molar-refractivity contribution in [3.8, 4) is 16.9 Å². The Morgan fingerprint density at radius 3 is 2.65 bits per heavy atom. The lowest BCUT2D eigenvalue weighted by Crippen LogP contribution is -2.11. The number of aromatic nitrogens is 1. The molecule has 0 bridgehead atoms. The second-order valence-corrected chi connectivity index (χ2v) is 8.21. The van der Waals surface area contributed by atoms with Crippen molar-refractivity contribution in [2.75, 3.05) is 12.4 Å². The van der Waals surface area contributed by atoms with Crippen LogP contribution in [0.5, 0.6) is 5.75 Å². The van der Waals surface area contributed by atoms with E-state index in [2.05, 4.69) is 40.6 Å². The maximum absolute atomic E-state index is 12.7. The minimum absolute atomic E-state index is 0.247. The molecular formula is C29H24N2O3. The fourth-order valence-electron chi connectivity index (χ4n) is 4.24. The summed E-state index contributed by atoms with van der Waals surface area (Å²) in [6.45, 7) is 3.80. The number of hydrogen-bond donors (Lipinski definition) is 1. The zero-order valence-electron chi connectivity index (χ0n) is 19.3. The number of nitrogens with zero attached hydrogens (tertiary/aromatic N) is 1. The van der Waals surface area contributed by atoms with Gasteiger partial charge in [0.15, 0.2) is 0 Å². The third kappa shape index (κ3) is 3.92. The molecule has 5 rings (SSSR count). The zero-order valence-corrected chi connectivity index (χ0v) is 19.3. The number of allylic oxidation sites excluding steroid dienone is 1. The number of anilines is 1. The Balaban J connectivity index is 1.58. The molecule has 5 heteroatoms. The molecule has 0 aliphatic rings. The van der Waals surface area contributed by atoms with Crippen molar-refractivity contribution >= 4 is 39.0 Å². The number of methoxy groups -OCH3 is 1. The average molecular weight is 449 g/mol. The Labute approximate surface area is 197 Å². The van der Waals surface area contributed by atoms with Crippen LogP contribution >= 0.6 is 0 Å². The molecule has 1 amide bonds. The van der Waals surface area contributed by atoms with Crippen molar-refractivity contribution in [2.45, 2.75) is 13.8 Å². The SMILES string of the molecule is COc1cc2occ(-c3cccc4ccccc34)c2cc1/C(C)=C/C(=O)Nc1ncccc1C. The Bertz CT molecular complexity index is 1560. The summed E-state index contributed by atoms with van der Waals surface area (Å²) in [5, 5.41) is 6.13. The normalized spacial score (nSPS) is 11.7. The highest BCUT2D eigenvalue weighted by Gasteiger charge is 2.16. The molecular weight excluding hydrogens is 424 g/mol. The molecule has 0 aliphatic heterocycles. The first-order valence-corrected chi connectivity index (χ1v) is 11.0. The standard InChI is InChI=1S/C29H24N2O3/c1-18-8-7-13-30-29(18)31-28(32)14-19(2)23-15-24-25(17-34-27(24)16-26(23)33-3)22-12-6-10-20-9-4-5-11-21(20)22/h4-17H,1-3H3,(H,30,31,32)/b19-14+. The maximum Gasteiger partial charge on any atom is 0.249 e. The number of benzene rings is 3. The van der Waals surface area contributed by atoms with Gasteiger partial charge in [-0.25, -0.2) is 4.98 Å². The van der Waals surface area contributed by atoms with Gasteiger partial charge in [-0.2, -0.15) is 0 Å². The molecule has 1 N–H and O–H groups in total. The highest BCUT2D eigenvalue weighted by Crippen LogP contribution is 2.39. The molecule has 0 atom stereocenters. The van der Waals surface area contributed by atoms with E-state index in [-0.39, 0.29) is 5.91 Å². The van der Waals surface area contributed by atoms with Gasteiger partial charge in [-0.15, -0.1) is 0 Å². The number of nitrogens with one attached hydrogen (secondary N) is 1. The summed E-state index contributed by atoms with van der Waals surface area (Å²) in [4.78, 5) is 16.9. The zero-order chi connectivity index (χ0) is 23.7. The van der Waals surface area contributed by atoms with Gasteiger partial charge in [0, 0.05) is 34.9 Å². The van der Waals surface area contributed by atoms with Crippen molar-refractivity contribution in [2.24, 2.45) is 0 Å². The lowest BCUT2D eigenvalue weighted by Gasteiger charge is -2.11. The van der Waals surface area contributed by atoms with Crippen LogP contribution in [0.4, 0.5) is 5.82 Å². The first kappa shape index (κ1) is 21.5. The molecule has 0 saturated carbocycles. The smallest absolute Gasteiger partial charge is 0.249 e. The summed E-state index contributed by atoms with van der Waals surface area (Å²) >= 11 is 0. The summed E-state index contributed by atoms with van der Waals surface area (Å²) in [6, 6.07) is 22.2. The molecule has 2 aromatic heterocycles. The summed E-state index contributed by atoms with van der Waals surface area (Å²) in [6.07, 6.45) is 5.00. The van der Waals surface area contributed by atoms with Gasteiger partial charge < -0.3 is 14.5 Å².